The minimum atomic E-state index is 0.691. The molecule has 2 unspecified atom stereocenters. The molecule has 1 aliphatic rings. The predicted molar refractivity (Wildman–Crippen MR) is 85.9 cm³/mol. The number of aromatic nitrogens is 1. The summed E-state index contributed by atoms with van der Waals surface area (Å²) in [5.41, 5.74) is 2.70. The molecule has 2 atom stereocenters. The van der Waals surface area contributed by atoms with Gasteiger partial charge in [-0.2, -0.15) is 0 Å². The van der Waals surface area contributed by atoms with Crippen LogP contribution in [0.15, 0.2) is 18.5 Å². The first kappa shape index (κ1) is 15.3. The number of hydrogen-bond acceptors (Lipinski definition) is 3. The molecule has 1 aliphatic heterocycles. The molecule has 0 aromatic carbocycles. The van der Waals surface area contributed by atoms with Crippen molar-refractivity contribution in [3.8, 4) is 0 Å². The van der Waals surface area contributed by atoms with Gasteiger partial charge in [-0.05, 0) is 42.3 Å². The van der Waals surface area contributed by atoms with Crippen molar-refractivity contribution in [1.29, 1.82) is 0 Å². The summed E-state index contributed by atoms with van der Waals surface area (Å²) in [6.45, 7) is 13.5. The van der Waals surface area contributed by atoms with E-state index in [9.17, 15) is 0 Å². The molecule has 0 radical (unpaired) electrons. The van der Waals surface area contributed by atoms with Crippen LogP contribution in [0.1, 0.15) is 39.7 Å². The lowest BCUT2D eigenvalue weighted by molar-refractivity contribution is 0.323. The van der Waals surface area contributed by atoms with Crippen molar-refractivity contribution >= 4 is 5.69 Å². The van der Waals surface area contributed by atoms with E-state index in [1.54, 1.807) is 0 Å². The van der Waals surface area contributed by atoms with Gasteiger partial charge in [-0.1, -0.05) is 27.7 Å². The Balaban J connectivity index is 2.03. The Labute approximate surface area is 123 Å². The highest BCUT2D eigenvalue weighted by molar-refractivity contribution is 5.52. The molecule has 2 rings (SSSR count). The molecule has 0 aliphatic carbocycles. The molecule has 3 nitrogen and oxygen atoms in total. The van der Waals surface area contributed by atoms with E-state index in [0.29, 0.717) is 5.92 Å². The van der Waals surface area contributed by atoms with Gasteiger partial charge in [0.15, 0.2) is 0 Å². The minimum Gasteiger partial charge on any atom is -0.370 e. The van der Waals surface area contributed by atoms with Gasteiger partial charge in [0, 0.05) is 25.8 Å². The van der Waals surface area contributed by atoms with Crippen LogP contribution in [0.3, 0.4) is 0 Å². The maximum Gasteiger partial charge on any atom is 0.0598 e. The average Bonchev–Trinajstić information content (AvgIpc) is 2.42. The lowest BCUT2D eigenvalue weighted by Gasteiger charge is -2.37. The van der Waals surface area contributed by atoms with Gasteiger partial charge >= 0.3 is 0 Å². The normalized spacial score (nSPS) is 23.4. The fraction of sp³-hybridized carbons (Fsp3) is 0.706. The number of pyridine rings is 1. The SMILES string of the molecule is CC(C)CNCc1ccncc1N1CCC(C)C(C)C1. The molecule has 2 heterocycles. The van der Waals surface area contributed by atoms with Crippen LogP contribution in [0.2, 0.25) is 0 Å². The second kappa shape index (κ2) is 7.07. The molecule has 1 aromatic heterocycles. The third-order valence-electron chi connectivity index (χ3n) is 4.43. The average molecular weight is 275 g/mol. The maximum atomic E-state index is 4.34. The lowest BCUT2D eigenvalue weighted by Crippen LogP contribution is -2.39. The smallest absolute Gasteiger partial charge is 0.0598 e. The van der Waals surface area contributed by atoms with Gasteiger partial charge in [0.25, 0.3) is 0 Å². The maximum absolute atomic E-state index is 4.34. The molecule has 0 spiro atoms. The summed E-state index contributed by atoms with van der Waals surface area (Å²) in [6.07, 6.45) is 5.23. The Kier molecular flexibility index (Phi) is 5.41. The molecule has 0 bridgehead atoms. The molecule has 20 heavy (non-hydrogen) atoms. The fourth-order valence-electron chi connectivity index (χ4n) is 2.83. The van der Waals surface area contributed by atoms with E-state index in [4.69, 9.17) is 0 Å². The largest absolute Gasteiger partial charge is 0.370 e. The highest BCUT2D eigenvalue weighted by atomic mass is 15.1. The summed E-state index contributed by atoms with van der Waals surface area (Å²) in [5.74, 6) is 2.29. The second-order valence-corrected chi connectivity index (χ2v) is 6.72. The van der Waals surface area contributed by atoms with Crippen molar-refractivity contribution in [2.45, 2.75) is 40.7 Å². The summed E-state index contributed by atoms with van der Waals surface area (Å²) in [7, 11) is 0. The third kappa shape index (κ3) is 3.95. The molecule has 112 valence electrons. The van der Waals surface area contributed by atoms with E-state index in [0.717, 1.165) is 38.0 Å². The molecule has 0 saturated carbocycles. The first-order chi connectivity index (χ1) is 9.58. The number of rotatable bonds is 5. The van der Waals surface area contributed by atoms with Crippen molar-refractivity contribution in [2.75, 3.05) is 24.5 Å². The molecular weight excluding hydrogens is 246 g/mol. The molecular formula is C17H29N3. The summed E-state index contributed by atoms with van der Waals surface area (Å²) in [5, 5.41) is 3.55. The summed E-state index contributed by atoms with van der Waals surface area (Å²) >= 11 is 0. The molecule has 0 amide bonds. The van der Waals surface area contributed by atoms with Crippen LogP contribution >= 0.6 is 0 Å². The van der Waals surface area contributed by atoms with Crippen LogP contribution < -0.4 is 10.2 Å². The van der Waals surface area contributed by atoms with E-state index in [1.165, 1.54) is 17.7 Å². The van der Waals surface area contributed by atoms with Crippen LogP contribution in [0.5, 0.6) is 0 Å². The van der Waals surface area contributed by atoms with Crippen molar-refractivity contribution < 1.29 is 0 Å². The molecule has 1 aromatic rings. The van der Waals surface area contributed by atoms with Gasteiger partial charge in [-0.15, -0.1) is 0 Å². The summed E-state index contributed by atoms with van der Waals surface area (Å²) in [6, 6.07) is 2.16. The molecule has 1 fully saturated rings. The van der Waals surface area contributed by atoms with Crippen molar-refractivity contribution in [3.63, 3.8) is 0 Å². The van der Waals surface area contributed by atoms with Gasteiger partial charge in [-0.25, -0.2) is 0 Å². The topological polar surface area (TPSA) is 28.2 Å². The minimum absolute atomic E-state index is 0.691. The Morgan fingerprint density at radius 3 is 2.85 bits per heavy atom. The van der Waals surface area contributed by atoms with E-state index in [-0.39, 0.29) is 0 Å². The van der Waals surface area contributed by atoms with Crippen LogP contribution in [-0.4, -0.2) is 24.6 Å². The van der Waals surface area contributed by atoms with Gasteiger partial charge in [0.05, 0.1) is 11.9 Å². The number of nitrogens with zero attached hydrogens (tertiary/aromatic N) is 2. The number of nitrogens with one attached hydrogen (secondary N) is 1. The highest BCUT2D eigenvalue weighted by Crippen LogP contribution is 2.28. The van der Waals surface area contributed by atoms with Crippen LogP contribution in [0.4, 0.5) is 5.69 Å². The van der Waals surface area contributed by atoms with Gasteiger partial charge in [0.2, 0.25) is 0 Å². The quantitative estimate of drug-likeness (QED) is 0.893. The lowest BCUT2D eigenvalue weighted by atomic mass is 9.88. The van der Waals surface area contributed by atoms with Gasteiger partial charge < -0.3 is 10.2 Å². The Bertz CT molecular complexity index is 416. The van der Waals surface area contributed by atoms with Crippen molar-refractivity contribution in [1.82, 2.24) is 10.3 Å². The van der Waals surface area contributed by atoms with Gasteiger partial charge in [-0.3, -0.25) is 4.98 Å². The molecule has 3 heteroatoms. The molecule has 1 saturated heterocycles. The van der Waals surface area contributed by atoms with Crippen molar-refractivity contribution in [2.24, 2.45) is 17.8 Å². The Morgan fingerprint density at radius 2 is 2.15 bits per heavy atom. The van der Waals surface area contributed by atoms with Crippen LogP contribution in [0, 0.1) is 17.8 Å². The zero-order valence-corrected chi connectivity index (χ0v) is 13.4. The zero-order chi connectivity index (χ0) is 14.5. The van der Waals surface area contributed by atoms with E-state index in [1.807, 2.05) is 12.4 Å². The molecule has 1 N–H and O–H groups in total. The first-order valence-electron chi connectivity index (χ1n) is 7.96. The van der Waals surface area contributed by atoms with Crippen LogP contribution in [-0.2, 0) is 6.54 Å². The van der Waals surface area contributed by atoms with Crippen LogP contribution in [0.25, 0.3) is 0 Å². The number of hydrogen-bond donors (Lipinski definition) is 1. The Morgan fingerprint density at radius 1 is 1.35 bits per heavy atom. The zero-order valence-electron chi connectivity index (χ0n) is 13.4. The Hall–Kier alpha value is -1.09. The van der Waals surface area contributed by atoms with Crippen molar-refractivity contribution in [3.05, 3.63) is 24.0 Å². The van der Waals surface area contributed by atoms with E-state index >= 15 is 0 Å². The first-order valence-corrected chi connectivity index (χ1v) is 7.96. The summed E-state index contributed by atoms with van der Waals surface area (Å²) in [4.78, 5) is 6.86. The highest BCUT2D eigenvalue weighted by Gasteiger charge is 2.24. The van der Waals surface area contributed by atoms with Gasteiger partial charge in [0.1, 0.15) is 0 Å². The van der Waals surface area contributed by atoms with E-state index in [2.05, 4.69) is 49.0 Å². The van der Waals surface area contributed by atoms with E-state index < -0.39 is 0 Å². The third-order valence-corrected chi connectivity index (χ3v) is 4.43. The standard InChI is InChI=1S/C17H29N3/c1-13(2)9-19-10-16-5-7-18-11-17(16)20-8-6-14(3)15(4)12-20/h5,7,11,13-15,19H,6,8-10,12H2,1-4H3. The number of piperidine rings is 1. The monoisotopic (exact) mass is 275 g/mol. The second-order valence-electron chi connectivity index (χ2n) is 6.72. The predicted octanol–water partition coefficient (Wildman–Crippen LogP) is 3.31. The fourth-order valence-corrected chi connectivity index (χ4v) is 2.83. The number of anilines is 1. The summed E-state index contributed by atoms with van der Waals surface area (Å²) < 4.78 is 0.